The lowest BCUT2D eigenvalue weighted by atomic mass is 10.7. The Bertz CT molecular complexity index is 236. The van der Waals surface area contributed by atoms with Crippen LogP contribution in [-0.4, -0.2) is 0 Å². The molecule has 0 radical (unpaired) electrons. The van der Waals surface area contributed by atoms with E-state index < -0.39 is 7.60 Å². The van der Waals surface area contributed by atoms with Crippen molar-refractivity contribution in [1.82, 2.24) is 0 Å². The van der Waals surface area contributed by atoms with Gasteiger partial charge in [0.2, 0.25) is 0 Å². The summed E-state index contributed by atoms with van der Waals surface area (Å²) < 4.78 is 21.6. The van der Waals surface area contributed by atoms with Crippen molar-refractivity contribution < 1.29 is 13.6 Å². The quantitative estimate of drug-likeness (QED) is 0.502. The molecule has 0 aliphatic carbocycles. The lowest BCUT2D eigenvalue weighted by Gasteiger charge is -2.10. The summed E-state index contributed by atoms with van der Waals surface area (Å²) in [6.07, 6.45) is 7.63. The molecule has 0 aliphatic heterocycles. The fraction of sp³-hybridized carbons (Fsp3) is 0.333. The molecular weight excluding hydrogens is 187 g/mol. The zero-order valence-corrected chi connectivity index (χ0v) is 9.03. The van der Waals surface area contributed by atoms with Crippen molar-refractivity contribution in [2.45, 2.75) is 20.8 Å². The molecule has 13 heavy (non-hydrogen) atoms. The van der Waals surface area contributed by atoms with Crippen LogP contribution in [0.15, 0.2) is 36.6 Å². The van der Waals surface area contributed by atoms with Gasteiger partial charge < -0.3 is 9.05 Å². The van der Waals surface area contributed by atoms with Gasteiger partial charge in [-0.05, 0) is 20.8 Å². The van der Waals surface area contributed by atoms with Gasteiger partial charge in [-0.2, -0.15) is 0 Å². The Morgan fingerprint density at radius 3 is 1.69 bits per heavy atom. The standard InChI is InChI=1S/C9H15O3P/c1-4-7-11-13(10,9-6-3)12-8-5-2/h4-9H,1-3H3. The van der Waals surface area contributed by atoms with Crippen LogP contribution in [0.1, 0.15) is 20.8 Å². The third kappa shape index (κ3) is 5.31. The Hall–Kier alpha value is -0.950. The van der Waals surface area contributed by atoms with Crippen LogP contribution >= 0.6 is 7.60 Å². The van der Waals surface area contributed by atoms with Gasteiger partial charge in [-0.3, -0.25) is 0 Å². The van der Waals surface area contributed by atoms with E-state index >= 15 is 0 Å². The number of hydrogen-bond acceptors (Lipinski definition) is 3. The van der Waals surface area contributed by atoms with E-state index in [0.29, 0.717) is 0 Å². The van der Waals surface area contributed by atoms with E-state index in [4.69, 9.17) is 9.05 Å². The monoisotopic (exact) mass is 202 g/mol. The minimum atomic E-state index is -3.11. The molecule has 0 saturated heterocycles. The van der Waals surface area contributed by atoms with Crippen LogP contribution in [0.25, 0.3) is 0 Å². The summed E-state index contributed by atoms with van der Waals surface area (Å²) in [6, 6.07) is 0. The molecule has 0 amide bonds. The minimum absolute atomic E-state index is 1.35. The maximum atomic E-state index is 11.7. The third-order valence-electron chi connectivity index (χ3n) is 1.02. The maximum Gasteiger partial charge on any atom is 0.454 e. The van der Waals surface area contributed by atoms with Crippen molar-refractivity contribution in [2.75, 3.05) is 0 Å². The summed E-state index contributed by atoms with van der Waals surface area (Å²) in [4.78, 5) is 0. The van der Waals surface area contributed by atoms with E-state index in [0.717, 1.165) is 0 Å². The molecule has 0 aliphatic rings. The van der Waals surface area contributed by atoms with Gasteiger partial charge in [0, 0.05) is 5.82 Å². The zero-order chi connectivity index (χ0) is 10.2. The molecule has 74 valence electrons. The summed E-state index contributed by atoms with van der Waals surface area (Å²) in [5.41, 5.74) is 0. The molecule has 0 bridgehead atoms. The van der Waals surface area contributed by atoms with Crippen LogP contribution in [0.2, 0.25) is 0 Å². The fourth-order valence-electron chi connectivity index (χ4n) is 0.569. The van der Waals surface area contributed by atoms with Gasteiger partial charge in [0.1, 0.15) is 0 Å². The second-order valence-electron chi connectivity index (χ2n) is 2.17. The molecule has 4 heteroatoms. The predicted octanol–water partition coefficient (Wildman–Crippen LogP) is 3.81. The molecule has 0 atom stereocenters. The summed E-state index contributed by atoms with van der Waals surface area (Å²) in [7, 11) is -3.11. The molecule has 0 aromatic carbocycles. The van der Waals surface area contributed by atoms with Crippen molar-refractivity contribution in [3.05, 3.63) is 36.6 Å². The Labute approximate surface area is 79.3 Å². The molecule has 3 nitrogen and oxygen atoms in total. The predicted molar refractivity (Wildman–Crippen MR) is 54.2 cm³/mol. The lowest BCUT2D eigenvalue weighted by Crippen LogP contribution is -1.81. The van der Waals surface area contributed by atoms with E-state index in [1.807, 2.05) is 0 Å². The first-order chi connectivity index (χ1) is 6.18. The average molecular weight is 202 g/mol. The van der Waals surface area contributed by atoms with Crippen LogP contribution in [0.5, 0.6) is 0 Å². The molecule has 0 unspecified atom stereocenters. The highest BCUT2D eigenvalue weighted by Crippen LogP contribution is 2.50. The number of allylic oxidation sites excluding steroid dienone is 3. The second kappa shape index (κ2) is 6.55. The van der Waals surface area contributed by atoms with Gasteiger partial charge >= 0.3 is 7.60 Å². The molecule has 0 fully saturated rings. The Morgan fingerprint density at radius 2 is 1.38 bits per heavy atom. The normalized spacial score (nSPS) is 16.8. The van der Waals surface area contributed by atoms with Crippen LogP contribution < -0.4 is 0 Å². The number of hydrogen-bond donors (Lipinski definition) is 0. The highest BCUT2D eigenvalue weighted by atomic mass is 31.2. The second-order valence-corrected chi connectivity index (χ2v) is 3.97. The first-order valence-corrected chi connectivity index (χ1v) is 5.62. The topological polar surface area (TPSA) is 35.5 Å². The van der Waals surface area contributed by atoms with E-state index in [1.165, 1.54) is 18.3 Å². The van der Waals surface area contributed by atoms with Gasteiger partial charge in [0.25, 0.3) is 0 Å². The largest absolute Gasteiger partial charge is 0.454 e. The Balaban J connectivity index is 4.42. The summed E-state index contributed by atoms with van der Waals surface area (Å²) >= 11 is 0. The van der Waals surface area contributed by atoms with Crippen molar-refractivity contribution in [3.63, 3.8) is 0 Å². The third-order valence-corrected chi connectivity index (χ3v) is 2.51. The van der Waals surface area contributed by atoms with E-state index in [9.17, 15) is 4.57 Å². The SMILES string of the molecule is CC=COP(=O)(C=CC)OC=CC. The van der Waals surface area contributed by atoms with Gasteiger partial charge in [-0.25, -0.2) is 4.57 Å². The van der Waals surface area contributed by atoms with E-state index in [1.54, 1.807) is 39.0 Å². The molecule has 0 aromatic heterocycles. The van der Waals surface area contributed by atoms with Gasteiger partial charge in [0.05, 0.1) is 12.5 Å². The molecule has 0 N–H and O–H groups in total. The summed E-state index contributed by atoms with van der Waals surface area (Å²) in [5.74, 6) is 1.41. The Morgan fingerprint density at radius 1 is 0.923 bits per heavy atom. The van der Waals surface area contributed by atoms with Crippen molar-refractivity contribution in [1.29, 1.82) is 0 Å². The molecule has 0 rings (SSSR count). The lowest BCUT2D eigenvalue weighted by molar-refractivity contribution is 0.338. The average Bonchev–Trinajstić information content (AvgIpc) is 2.12. The van der Waals surface area contributed by atoms with E-state index in [-0.39, 0.29) is 0 Å². The van der Waals surface area contributed by atoms with Crippen LogP contribution in [0.3, 0.4) is 0 Å². The molecule has 0 saturated carbocycles. The highest BCUT2D eigenvalue weighted by Gasteiger charge is 2.18. The molecule has 0 spiro atoms. The van der Waals surface area contributed by atoms with Gasteiger partial charge in [-0.1, -0.05) is 18.2 Å². The van der Waals surface area contributed by atoms with Crippen molar-refractivity contribution in [2.24, 2.45) is 0 Å². The van der Waals surface area contributed by atoms with Crippen molar-refractivity contribution >= 4 is 7.60 Å². The van der Waals surface area contributed by atoms with Crippen LogP contribution in [0.4, 0.5) is 0 Å². The highest BCUT2D eigenvalue weighted by molar-refractivity contribution is 7.57. The Kier molecular flexibility index (Phi) is 6.07. The first kappa shape index (κ1) is 12.0. The van der Waals surface area contributed by atoms with E-state index in [2.05, 4.69) is 0 Å². The maximum absolute atomic E-state index is 11.7. The molecule has 0 aromatic rings. The minimum Gasteiger partial charge on any atom is -0.422 e. The summed E-state index contributed by atoms with van der Waals surface area (Å²) in [5, 5.41) is 0. The summed E-state index contributed by atoms with van der Waals surface area (Å²) in [6.45, 7) is 5.30. The fourth-order valence-corrected chi connectivity index (χ4v) is 1.71. The van der Waals surface area contributed by atoms with Crippen molar-refractivity contribution in [3.8, 4) is 0 Å². The molecule has 0 heterocycles. The van der Waals surface area contributed by atoms with Crippen LogP contribution in [0, 0.1) is 0 Å². The number of rotatable bonds is 5. The molecular formula is C9H15O3P. The van der Waals surface area contributed by atoms with Gasteiger partial charge in [-0.15, -0.1) is 0 Å². The first-order valence-electron chi connectivity index (χ1n) is 4.01. The smallest absolute Gasteiger partial charge is 0.422 e. The van der Waals surface area contributed by atoms with Gasteiger partial charge in [0.15, 0.2) is 0 Å². The van der Waals surface area contributed by atoms with Crippen LogP contribution in [-0.2, 0) is 13.6 Å². The zero-order valence-electron chi connectivity index (χ0n) is 8.14.